The van der Waals surface area contributed by atoms with Crippen molar-refractivity contribution >= 4 is 23.1 Å². The number of likely N-dealkylation sites (N-methyl/N-ethyl adjacent to an activating group) is 1. The highest BCUT2D eigenvalue weighted by Gasteiger charge is 2.42. The van der Waals surface area contributed by atoms with Gasteiger partial charge in [0.2, 0.25) is 0 Å². The van der Waals surface area contributed by atoms with Gasteiger partial charge in [-0.05, 0) is 47.5 Å². The van der Waals surface area contributed by atoms with Crippen LogP contribution in [-0.4, -0.2) is 38.0 Å². The number of benzene rings is 3. The highest BCUT2D eigenvalue weighted by molar-refractivity contribution is 6.45. The summed E-state index contributed by atoms with van der Waals surface area (Å²) >= 11 is 0. The second-order valence-corrected chi connectivity index (χ2v) is 7.74. The molecule has 0 radical (unpaired) electrons. The summed E-state index contributed by atoms with van der Waals surface area (Å²) in [6.07, 6.45) is 0. The van der Waals surface area contributed by atoms with E-state index in [1.54, 1.807) is 54.4 Å². The van der Waals surface area contributed by atoms with E-state index in [0.717, 1.165) is 10.5 Å². The fourth-order valence-electron chi connectivity index (χ4n) is 3.98. The van der Waals surface area contributed by atoms with Gasteiger partial charge in [0.15, 0.2) is 11.5 Å². The van der Waals surface area contributed by atoms with Gasteiger partial charge in [-0.1, -0.05) is 36.4 Å². The molecule has 2 amide bonds. The molecule has 0 atom stereocenters. The smallest absolute Gasteiger partial charge is 0.282 e. The zero-order valence-corrected chi connectivity index (χ0v) is 19.1. The third kappa shape index (κ3) is 4.09. The molecular weight excluding hydrogens is 430 g/mol. The number of nitriles is 1. The van der Waals surface area contributed by atoms with Crippen molar-refractivity contribution in [1.29, 1.82) is 5.26 Å². The molecular formula is C27H23N3O4. The molecule has 170 valence electrons. The molecule has 3 aromatic carbocycles. The predicted octanol–water partition coefficient (Wildman–Crippen LogP) is 3.99. The molecule has 0 fully saturated rings. The monoisotopic (exact) mass is 453 g/mol. The number of hydrogen-bond acceptors (Lipinski definition) is 6. The number of hydrogen-bond donors (Lipinski definition) is 0. The number of carbonyl (C=O) groups is 2. The molecule has 7 heteroatoms. The largest absolute Gasteiger partial charge is 0.493 e. The maximum atomic E-state index is 13.7. The Balaban J connectivity index is 1.82. The Kier molecular flexibility index (Phi) is 6.33. The molecule has 0 aromatic heterocycles. The Bertz CT molecular complexity index is 1310. The van der Waals surface area contributed by atoms with Crippen molar-refractivity contribution in [2.45, 2.75) is 6.54 Å². The van der Waals surface area contributed by atoms with Crippen molar-refractivity contribution in [2.24, 2.45) is 0 Å². The van der Waals surface area contributed by atoms with Crippen LogP contribution >= 0.6 is 0 Å². The van der Waals surface area contributed by atoms with E-state index in [2.05, 4.69) is 0 Å². The van der Waals surface area contributed by atoms with Gasteiger partial charge in [-0.15, -0.1) is 0 Å². The first-order valence-electron chi connectivity index (χ1n) is 10.6. The lowest BCUT2D eigenvalue weighted by Gasteiger charge is -2.21. The maximum absolute atomic E-state index is 13.7. The van der Waals surface area contributed by atoms with E-state index in [4.69, 9.17) is 14.7 Å². The molecule has 1 aliphatic rings. The fraction of sp³-hybridized carbons (Fsp3) is 0.148. The van der Waals surface area contributed by atoms with Crippen LogP contribution in [0.25, 0.3) is 5.57 Å². The molecule has 0 unspecified atom stereocenters. The maximum Gasteiger partial charge on any atom is 0.282 e. The Morgan fingerprint density at radius 3 is 2.18 bits per heavy atom. The van der Waals surface area contributed by atoms with Crippen molar-refractivity contribution in [3.05, 3.63) is 95.2 Å². The number of amides is 2. The summed E-state index contributed by atoms with van der Waals surface area (Å²) in [4.78, 5) is 30.3. The van der Waals surface area contributed by atoms with Crippen molar-refractivity contribution in [3.63, 3.8) is 0 Å². The summed E-state index contributed by atoms with van der Waals surface area (Å²) in [5.74, 6) is 0.0937. The highest BCUT2D eigenvalue weighted by Crippen LogP contribution is 2.38. The second-order valence-electron chi connectivity index (χ2n) is 7.74. The van der Waals surface area contributed by atoms with E-state index in [1.165, 1.54) is 14.2 Å². The molecule has 0 spiro atoms. The minimum Gasteiger partial charge on any atom is -0.493 e. The van der Waals surface area contributed by atoms with Gasteiger partial charge in [-0.25, -0.2) is 4.90 Å². The zero-order valence-electron chi connectivity index (χ0n) is 19.1. The van der Waals surface area contributed by atoms with Crippen LogP contribution in [0.5, 0.6) is 11.5 Å². The summed E-state index contributed by atoms with van der Waals surface area (Å²) in [5.41, 5.74) is 2.94. The number of rotatable bonds is 7. The van der Waals surface area contributed by atoms with Crippen LogP contribution in [0.15, 0.2) is 78.5 Å². The predicted molar refractivity (Wildman–Crippen MR) is 128 cm³/mol. The average Bonchev–Trinajstić information content (AvgIpc) is 3.14. The van der Waals surface area contributed by atoms with E-state index in [0.29, 0.717) is 34.9 Å². The number of imide groups is 1. The Morgan fingerprint density at radius 2 is 1.56 bits per heavy atom. The van der Waals surface area contributed by atoms with E-state index in [9.17, 15) is 9.59 Å². The van der Waals surface area contributed by atoms with Gasteiger partial charge in [0, 0.05) is 13.6 Å². The van der Waals surface area contributed by atoms with E-state index >= 15 is 0 Å². The highest BCUT2D eigenvalue weighted by atomic mass is 16.5. The number of carbonyl (C=O) groups excluding carboxylic acids is 2. The molecule has 34 heavy (non-hydrogen) atoms. The SMILES string of the molecule is COc1ccc(C2=C(N(C)Cc3ccccc3)C(=O)N(c3ccc(C#N)cc3)C2=O)cc1OC. The second kappa shape index (κ2) is 9.51. The third-order valence-electron chi connectivity index (χ3n) is 5.63. The lowest BCUT2D eigenvalue weighted by Crippen LogP contribution is -2.34. The van der Waals surface area contributed by atoms with Crippen LogP contribution in [-0.2, 0) is 16.1 Å². The van der Waals surface area contributed by atoms with Crippen LogP contribution in [0, 0.1) is 11.3 Å². The molecule has 7 nitrogen and oxygen atoms in total. The molecule has 1 aliphatic heterocycles. The van der Waals surface area contributed by atoms with Crippen LogP contribution in [0.1, 0.15) is 16.7 Å². The standard InChI is InChI=1S/C27H23N3O4/c1-29(17-19-7-5-4-6-8-19)25-24(20-11-14-22(33-2)23(15-20)34-3)26(31)30(27(25)32)21-12-9-18(16-28)10-13-21/h4-15H,17H2,1-3H3. The van der Waals surface area contributed by atoms with Gasteiger partial charge in [-0.3, -0.25) is 9.59 Å². The summed E-state index contributed by atoms with van der Waals surface area (Å²) in [6, 6.07) is 23.3. The Labute approximate surface area is 198 Å². The number of nitrogens with zero attached hydrogens (tertiary/aromatic N) is 3. The number of ether oxygens (including phenoxy) is 2. The van der Waals surface area contributed by atoms with Gasteiger partial charge < -0.3 is 14.4 Å². The molecule has 0 aliphatic carbocycles. The van der Waals surface area contributed by atoms with Crippen LogP contribution in [0.4, 0.5) is 5.69 Å². The molecule has 0 saturated carbocycles. The van der Waals surface area contributed by atoms with Crippen LogP contribution in [0.3, 0.4) is 0 Å². The van der Waals surface area contributed by atoms with Crippen molar-refractivity contribution in [2.75, 3.05) is 26.2 Å². The topological polar surface area (TPSA) is 82.9 Å². The van der Waals surface area contributed by atoms with E-state index in [1.807, 2.05) is 36.4 Å². The third-order valence-corrected chi connectivity index (χ3v) is 5.63. The van der Waals surface area contributed by atoms with Crippen LogP contribution in [0.2, 0.25) is 0 Å². The molecule has 0 N–H and O–H groups in total. The minimum absolute atomic E-state index is 0.272. The summed E-state index contributed by atoms with van der Waals surface area (Å²) < 4.78 is 10.8. The Morgan fingerprint density at radius 1 is 0.882 bits per heavy atom. The van der Waals surface area contributed by atoms with Gasteiger partial charge in [-0.2, -0.15) is 5.26 Å². The van der Waals surface area contributed by atoms with Gasteiger partial charge in [0.25, 0.3) is 11.8 Å². The van der Waals surface area contributed by atoms with Gasteiger partial charge in [0.05, 0.1) is 37.1 Å². The van der Waals surface area contributed by atoms with E-state index < -0.39 is 11.8 Å². The van der Waals surface area contributed by atoms with Gasteiger partial charge in [0.1, 0.15) is 5.70 Å². The summed E-state index contributed by atoms with van der Waals surface area (Å²) in [5, 5.41) is 9.10. The average molecular weight is 453 g/mol. The lowest BCUT2D eigenvalue weighted by molar-refractivity contribution is -0.120. The first-order chi connectivity index (χ1) is 16.5. The quantitative estimate of drug-likeness (QED) is 0.503. The zero-order chi connectivity index (χ0) is 24.2. The normalized spacial score (nSPS) is 13.2. The Hall–Kier alpha value is -4.57. The van der Waals surface area contributed by atoms with Crippen LogP contribution < -0.4 is 14.4 Å². The molecule has 0 saturated heterocycles. The van der Waals surface area contributed by atoms with Crippen molar-refractivity contribution < 1.29 is 19.1 Å². The fourth-order valence-corrected chi connectivity index (χ4v) is 3.98. The summed E-state index contributed by atoms with van der Waals surface area (Å²) in [6.45, 7) is 0.438. The minimum atomic E-state index is -0.447. The van der Waals surface area contributed by atoms with Gasteiger partial charge >= 0.3 is 0 Å². The summed E-state index contributed by atoms with van der Waals surface area (Å²) in [7, 11) is 4.84. The van der Waals surface area contributed by atoms with Crippen molar-refractivity contribution in [1.82, 2.24) is 4.90 Å². The number of anilines is 1. The number of methoxy groups -OCH3 is 2. The van der Waals surface area contributed by atoms with Crippen molar-refractivity contribution in [3.8, 4) is 17.6 Å². The van der Waals surface area contributed by atoms with E-state index in [-0.39, 0.29) is 11.3 Å². The molecule has 4 rings (SSSR count). The first kappa shape index (κ1) is 22.6. The first-order valence-corrected chi connectivity index (χ1v) is 10.6. The molecule has 1 heterocycles. The lowest BCUT2D eigenvalue weighted by atomic mass is 10.0. The molecule has 0 bridgehead atoms. The molecule has 3 aromatic rings.